The summed E-state index contributed by atoms with van der Waals surface area (Å²) in [7, 11) is 0. The van der Waals surface area contributed by atoms with Crippen LogP contribution in [-0.4, -0.2) is 5.78 Å². The normalized spacial score (nSPS) is 10.7. The molecule has 0 fully saturated rings. The van der Waals surface area contributed by atoms with Gasteiger partial charge in [0.1, 0.15) is 11.6 Å². The van der Waals surface area contributed by atoms with Crippen molar-refractivity contribution in [3.05, 3.63) is 63.7 Å². The second-order valence-corrected chi connectivity index (χ2v) is 4.93. The molecule has 0 amide bonds. The van der Waals surface area contributed by atoms with Crippen molar-refractivity contribution in [2.45, 2.75) is 20.8 Å². The van der Waals surface area contributed by atoms with Gasteiger partial charge in [-0.05, 0) is 55.7 Å². The van der Waals surface area contributed by atoms with E-state index < -0.39 is 17.4 Å². The number of carbonyl (C=O) groups excluding carboxylic acids is 1. The smallest absolute Gasteiger partial charge is 0.196 e. The van der Waals surface area contributed by atoms with Gasteiger partial charge in [-0.25, -0.2) is 8.78 Å². The molecule has 0 aliphatic rings. The van der Waals surface area contributed by atoms with E-state index in [9.17, 15) is 13.6 Å². The molecular formula is C16H15F2NO. The van der Waals surface area contributed by atoms with Gasteiger partial charge in [0.05, 0.1) is 5.56 Å². The van der Waals surface area contributed by atoms with Crippen LogP contribution in [0.3, 0.4) is 0 Å². The molecule has 2 nitrogen and oxygen atoms in total. The predicted octanol–water partition coefficient (Wildman–Crippen LogP) is 3.70. The van der Waals surface area contributed by atoms with Crippen LogP contribution in [0.4, 0.5) is 14.5 Å². The zero-order valence-corrected chi connectivity index (χ0v) is 11.6. The maximum absolute atomic E-state index is 13.9. The zero-order valence-electron chi connectivity index (χ0n) is 11.6. The minimum absolute atomic E-state index is 0.166. The number of hydrogen-bond donors (Lipinski definition) is 1. The van der Waals surface area contributed by atoms with Crippen LogP contribution in [-0.2, 0) is 0 Å². The second-order valence-electron chi connectivity index (χ2n) is 4.93. The van der Waals surface area contributed by atoms with Crippen LogP contribution in [0.2, 0.25) is 0 Å². The Balaban J connectivity index is 2.57. The molecule has 2 aromatic carbocycles. The predicted molar refractivity (Wildman–Crippen MR) is 74.9 cm³/mol. The highest BCUT2D eigenvalue weighted by atomic mass is 19.1. The lowest BCUT2D eigenvalue weighted by Gasteiger charge is -2.10. The highest BCUT2D eigenvalue weighted by Crippen LogP contribution is 2.23. The standard InChI is InChI=1S/C16H15F2NO/c1-8-4-10(3)15(19)7-11(8)16(20)12-6-13(17)9(2)5-14(12)18/h4-7H,19H2,1-3H3. The zero-order chi connectivity index (χ0) is 15.0. The third kappa shape index (κ3) is 2.41. The number of carbonyl (C=O) groups is 1. The van der Waals surface area contributed by atoms with Gasteiger partial charge < -0.3 is 5.73 Å². The van der Waals surface area contributed by atoms with Gasteiger partial charge >= 0.3 is 0 Å². The Bertz CT molecular complexity index is 649. The van der Waals surface area contributed by atoms with E-state index >= 15 is 0 Å². The van der Waals surface area contributed by atoms with E-state index in [4.69, 9.17) is 5.73 Å². The maximum Gasteiger partial charge on any atom is 0.196 e. The number of benzene rings is 2. The van der Waals surface area contributed by atoms with Gasteiger partial charge in [0, 0.05) is 11.3 Å². The summed E-state index contributed by atoms with van der Waals surface area (Å²) in [6.45, 7) is 5.01. The topological polar surface area (TPSA) is 43.1 Å². The average Bonchev–Trinajstić information content (AvgIpc) is 2.37. The van der Waals surface area contributed by atoms with Gasteiger partial charge in [0.2, 0.25) is 0 Å². The van der Waals surface area contributed by atoms with Crippen LogP contribution in [0.5, 0.6) is 0 Å². The number of halogens is 2. The highest BCUT2D eigenvalue weighted by Gasteiger charge is 2.19. The Morgan fingerprint density at radius 1 is 0.850 bits per heavy atom. The Morgan fingerprint density at radius 3 is 2.15 bits per heavy atom. The molecule has 0 atom stereocenters. The quantitative estimate of drug-likeness (QED) is 0.670. The van der Waals surface area contributed by atoms with Crippen LogP contribution in [0.15, 0.2) is 24.3 Å². The number of aryl methyl sites for hydroxylation is 3. The lowest BCUT2D eigenvalue weighted by molar-refractivity contribution is 0.103. The van der Waals surface area contributed by atoms with E-state index in [0.29, 0.717) is 11.3 Å². The van der Waals surface area contributed by atoms with E-state index in [2.05, 4.69) is 0 Å². The molecule has 104 valence electrons. The first-order valence-electron chi connectivity index (χ1n) is 6.18. The first kappa shape index (κ1) is 14.2. The Morgan fingerprint density at radius 2 is 1.50 bits per heavy atom. The van der Waals surface area contributed by atoms with Crippen molar-refractivity contribution in [3.8, 4) is 0 Å². The summed E-state index contributed by atoms with van der Waals surface area (Å²) in [5.41, 5.74) is 7.93. The molecule has 0 saturated carbocycles. The second kappa shape index (κ2) is 5.04. The van der Waals surface area contributed by atoms with Crippen LogP contribution in [0.1, 0.15) is 32.6 Å². The van der Waals surface area contributed by atoms with Gasteiger partial charge in [-0.2, -0.15) is 0 Å². The molecule has 0 saturated heterocycles. The maximum atomic E-state index is 13.9. The molecule has 0 unspecified atom stereocenters. The van der Waals surface area contributed by atoms with Crippen LogP contribution < -0.4 is 5.73 Å². The minimum atomic E-state index is -0.729. The molecule has 0 aromatic heterocycles. The van der Waals surface area contributed by atoms with E-state index in [0.717, 1.165) is 17.7 Å². The molecule has 2 aromatic rings. The van der Waals surface area contributed by atoms with Crippen molar-refractivity contribution in [3.63, 3.8) is 0 Å². The summed E-state index contributed by atoms with van der Waals surface area (Å²) in [6, 6.07) is 5.22. The van der Waals surface area contributed by atoms with E-state index in [1.54, 1.807) is 13.0 Å². The Hall–Kier alpha value is -2.23. The number of nitrogen functional groups attached to an aromatic ring is 1. The van der Waals surface area contributed by atoms with Crippen molar-refractivity contribution in [2.75, 3.05) is 5.73 Å². The molecule has 2 N–H and O–H groups in total. The van der Waals surface area contributed by atoms with Gasteiger partial charge in [-0.15, -0.1) is 0 Å². The summed E-state index contributed by atoms with van der Waals surface area (Å²) in [4.78, 5) is 12.4. The fraction of sp³-hybridized carbons (Fsp3) is 0.188. The fourth-order valence-electron chi connectivity index (χ4n) is 2.08. The molecule has 0 bridgehead atoms. The number of nitrogens with two attached hydrogens (primary N) is 1. The van der Waals surface area contributed by atoms with Crippen molar-refractivity contribution in [1.82, 2.24) is 0 Å². The Kier molecular flexibility index (Phi) is 3.57. The molecule has 0 radical (unpaired) electrons. The van der Waals surface area contributed by atoms with Crippen molar-refractivity contribution >= 4 is 11.5 Å². The molecule has 20 heavy (non-hydrogen) atoms. The van der Waals surface area contributed by atoms with Crippen molar-refractivity contribution in [2.24, 2.45) is 0 Å². The van der Waals surface area contributed by atoms with E-state index in [1.807, 2.05) is 6.92 Å². The lowest BCUT2D eigenvalue weighted by Crippen LogP contribution is -2.09. The number of anilines is 1. The third-order valence-electron chi connectivity index (χ3n) is 3.35. The van der Waals surface area contributed by atoms with Crippen molar-refractivity contribution in [1.29, 1.82) is 0 Å². The molecular weight excluding hydrogens is 260 g/mol. The van der Waals surface area contributed by atoms with Gasteiger partial charge in [-0.1, -0.05) is 6.07 Å². The monoisotopic (exact) mass is 275 g/mol. The van der Waals surface area contributed by atoms with Crippen LogP contribution in [0.25, 0.3) is 0 Å². The first-order valence-corrected chi connectivity index (χ1v) is 6.18. The largest absolute Gasteiger partial charge is 0.398 e. The number of rotatable bonds is 2. The lowest BCUT2D eigenvalue weighted by atomic mass is 9.95. The van der Waals surface area contributed by atoms with Crippen LogP contribution >= 0.6 is 0 Å². The van der Waals surface area contributed by atoms with Crippen molar-refractivity contribution < 1.29 is 13.6 Å². The fourth-order valence-corrected chi connectivity index (χ4v) is 2.08. The molecule has 0 aliphatic heterocycles. The molecule has 0 aliphatic carbocycles. The highest BCUT2D eigenvalue weighted by molar-refractivity contribution is 6.10. The number of ketones is 1. The van der Waals surface area contributed by atoms with E-state index in [-0.39, 0.29) is 16.7 Å². The van der Waals surface area contributed by atoms with E-state index in [1.165, 1.54) is 13.0 Å². The molecule has 2 rings (SSSR count). The SMILES string of the molecule is Cc1cc(C)c(C(=O)c2cc(F)c(C)cc2F)cc1N. The van der Waals surface area contributed by atoms with Gasteiger partial charge in [0.15, 0.2) is 5.78 Å². The summed E-state index contributed by atoms with van der Waals surface area (Å²) in [6.07, 6.45) is 0. The van der Waals surface area contributed by atoms with Crippen LogP contribution in [0, 0.1) is 32.4 Å². The summed E-state index contributed by atoms with van der Waals surface area (Å²) >= 11 is 0. The summed E-state index contributed by atoms with van der Waals surface area (Å²) in [5.74, 6) is -1.90. The summed E-state index contributed by atoms with van der Waals surface area (Å²) < 4.78 is 27.4. The average molecular weight is 275 g/mol. The third-order valence-corrected chi connectivity index (χ3v) is 3.35. The first-order chi connectivity index (χ1) is 9.31. The molecule has 0 spiro atoms. The summed E-state index contributed by atoms with van der Waals surface area (Å²) in [5, 5.41) is 0. The van der Waals surface area contributed by atoms with Gasteiger partial charge in [0.25, 0.3) is 0 Å². The van der Waals surface area contributed by atoms with Gasteiger partial charge in [-0.3, -0.25) is 4.79 Å². The minimum Gasteiger partial charge on any atom is -0.398 e. The Labute approximate surface area is 116 Å². The number of hydrogen-bond acceptors (Lipinski definition) is 2. The molecule has 0 heterocycles. The molecule has 4 heteroatoms.